The summed E-state index contributed by atoms with van der Waals surface area (Å²) in [6.07, 6.45) is 11.1. The minimum absolute atomic E-state index is 0.0789. The van der Waals surface area contributed by atoms with Crippen molar-refractivity contribution in [3.05, 3.63) is 178 Å². The molecule has 33 nitrogen and oxygen atoms in total. The number of fused-ring (bicyclic) bond motifs is 2. The number of amides is 6. The number of aryl methyl sites for hydroxylation is 4. The number of phosphoric acid groups is 2. The van der Waals surface area contributed by atoms with Crippen LogP contribution in [0.1, 0.15) is 113 Å². The van der Waals surface area contributed by atoms with Crippen LogP contribution in [-0.2, 0) is 50.5 Å². The van der Waals surface area contributed by atoms with Crippen molar-refractivity contribution < 1.29 is 95.1 Å². The molecule has 6 amide bonds. The normalized spacial score (nSPS) is 14.0. The third kappa shape index (κ3) is 17.9. The summed E-state index contributed by atoms with van der Waals surface area (Å²) in [6.45, 7) is 6.21. The predicted octanol–water partition coefficient (Wildman–Crippen LogP) is 7.68. The van der Waals surface area contributed by atoms with E-state index in [-0.39, 0.29) is 59.4 Å². The van der Waals surface area contributed by atoms with Gasteiger partial charge in [0.05, 0.1) is 30.5 Å². The van der Waals surface area contributed by atoms with Crippen molar-refractivity contribution in [1.29, 1.82) is 0 Å². The highest BCUT2D eigenvalue weighted by atomic mass is 31.2. The molecule has 3 saturated carbocycles. The molecular formula is C65H65N13O20P2. The second kappa shape index (κ2) is 29.9. The molecule has 0 saturated heterocycles. The lowest BCUT2D eigenvalue weighted by atomic mass is 10.1. The van der Waals surface area contributed by atoms with Crippen molar-refractivity contribution in [2.75, 3.05) is 30.8 Å². The molecule has 0 radical (unpaired) electrons. The van der Waals surface area contributed by atoms with Gasteiger partial charge in [0.1, 0.15) is 41.0 Å². The van der Waals surface area contributed by atoms with Crippen LogP contribution < -0.4 is 30.3 Å². The molecule has 0 atom stereocenters. The van der Waals surface area contributed by atoms with Crippen molar-refractivity contribution >= 4 is 103 Å². The molecule has 4 aliphatic rings. The Morgan fingerprint density at radius 3 is 1.38 bits per heavy atom. The van der Waals surface area contributed by atoms with Gasteiger partial charge in [0.25, 0.3) is 23.6 Å². The number of hydrogen-bond acceptors (Lipinski definition) is 23. The largest absolute Gasteiger partial charge is 0.524 e. The Kier molecular flexibility index (Phi) is 20.9. The summed E-state index contributed by atoms with van der Waals surface area (Å²) in [6, 6.07) is 20.8. The third-order valence-electron chi connectivity index (χ3n) is 15.9. The van der Waals surface area contributed by atoms with Gasteiger partial charge in [-0.25, -0.2) is 47.5 Å². The van der Waals surface area contributed by atoms with Gasteiger partial charge < -0.3 is 49.3 Å². The Balaban J connectivity index is 0.000000202. The minimum atomic E-state index is -4.72. The van der Waals surface area contributed by atoms with Gasteiger partial charge in [-0.05, 0) is 154 Å². The van der Waals surface area contributed by atoms with Crippen molar-refractivity contribution in [3.63, 3.8) is 0 Å². The summed E-state index contributed by atoms with van der Waals surface area (Å²) in [5.41, 5.74) is 7.11. The van der Waals surface area contributed by atoms with Crippen LogP contribution in [0.25, 0.3) is 11.0 Å². The average molecular weight is 1410 g/mol. The van der Waals surface area contributed by atoms with E-state index >= 15 is 0 Å². The number of nitrogens with zero attached hydrogens (tertiary/aromatic N) is 9. The number of aliphatic imine (C=N–C) groups is 1. The van der Waals surface area contributed by atoms with Gasteiger partial charge in [0.15, 0.2) is 11.6 Å². The first-order valence-electron chi connectivity index (χ1n) is 31.0. The summed E-state index contributed by atoms with van der Waals surface area (Å²) in [5, 5.41) is 20.8. The Labute approximate surface area is 568 Å². The molecule has 520 valence electrons. The van der Waals surface area contributed by atoms with Crippen LogP contribution in [0.4, 0.5) is 32.6 Å². The topological polar surface area (TPSA) is 434 Å². The molecule has 12 rings (SSSR count). The van der Waals surface area contributed by atoms with E-state index < -0.39 is 71.2 Å². The molecule has 0 spiro atoms. The molecule has 0 unspecified atom stereocenters. The van der Waals surface area contributed by atoms with E-state index in [0.29, 0.717) is 105 Å². The molecule has 8 N–H and O–H groups in total. The van der Waals surface area contributed by atoms with Crippen LogP contribution in [0.5, 0.6) is 11.5 Å². The maximum absolute atomic E-state index is 13.8. The van der Waals surface area contributed by atoms with E-state index in [9.17, 15) is 47.5 Å². The molecule has 35 heteroatoms. The van der Waals surface area contributed by atoms with Gasteiger partial charge in [-0.15, -0.1) is 0 Å². The minimum Gasteiger partial charge on any atom is -0.428 e. The number of rotatable bonds is 23. The number of hydrogen-bond donors (Lipinski definition) is 8. The van der Waals surface area contributed by atoms with E-state index in [1.807, 2.05) is 26.0 Å². The summed E-state index contributed by atoms with van der Waals surface area (Å²) < 4.78 is 54.2. The summed E-state index contributed by atoms with van der Waals surface area (Å²) >= 11 is 0. The number of esters is 2. The second-order valence-corrected chi connectivity index (χ2v) is 25.8. The fraction of sp³-hybridized carbons (Fsp3) is 0.277. The lowest BCUT2D eigenvalue weighted by molar-refractivity contribution is -0.152. The van der Waals surface area contributed by atoms with Gasteiger partial charge in [0.2, 0.25) is 13.6 Å². The number of benzene rings is 4. The van der Waals surface area contributed by atoms with E-state index in [2.05, 4.69) is 55.5 Å². The van der Waals surface area contributed by atoms with Crippen molar-refractivity contribution in [2.45, 2.75) is 97.2 Å². The zero-order chi connectivity index (χ0) is 71.2. The number of carbonyl (C=O) groups excluding carboxylic acids is 8. The van der Waals surface area contributed by atoms with Gasteiger partial charge in [-0.3, -0.25) is 53.3 Å². The number of imide groups is 2. The van der Waals surface area contributed by atoms with Crippen molar-refractivity contribution in [1.82, 2.24) is 49.6 Å². The lowest BCUT2D eigenvalue weighted by Gasteiger charge is -2.19. The van der Waals surface area contributed by atoms with Crippen LogP contribution in [0.2, 0.25) is 0 Å². The highest BCUT2D eigenvalue weighted by Gasteiger charge is 2.42. The first kappa shape index (κ1) is 70.1. The van der Waals surface area contributed by atoms with Crippen molar-refractivity contribution in [2.24, 2.45) is 4.99 Å². The summed E-state index contributed by atoms with van der Waals surface area (Å²) in [7, 11) is -9.44. The first-order valence-corrected chi connectivity index (χ1v) is 34.0. The quantitative estimate of drug-likeness (QED) is 0.0173. The molecule has 3 fully saturated rings. The molecule has 8 aromatic rings. The van der Waals surface area contributed by atoms with Crippen LogP contribution >= 0.6 is 15.6 Å². The molecule has 5 heterocycles. The Morgan fingerprint density at radius 2 is 0.990 bits per heavy atom. The molecule has 4 aromatic heterocycles. The number of ether oxygens (including phenoxy) is 4. The summed E-state index contributed by atoms with van der Waals surface area (Å²) in [5.74, 6) is -2.12. The van der Waals surface area contributed by atoms with Gasteiger partial charge in [-0.2, -0.15) is 10.2 Å². The standard InChI is InChI=1S/C33H32N7O10P.C32H33N6O10P/c1-19-5-8-22(31(42)38-27-4-3-13-34-27)15-26(19)37-30-29-20(2)25(16-39(29)36-17-35-30)32(43)40(23-9-10-23)33(44)49-18-48-28(41)14-21-6-11-24(12-7-21)50-51(45,46)47;1-18-3-6-21(30(40)35-22-7-8-22)14-26(18)36-29-28-19(2)25(15-37(28)34-16-33-29)31(41)38(23-9-10-23)32(42)47-17-46-27(39)13-20-4-11-24(12-5-20)48-49(43,44)45/h3-8,11-12,15-17,23H,9-10,13-14,18H2,1-2H3,(H,34,38,42)(H,35,36,37)(H2,45,46,47);3-6,11-12,14-16,22-23H,7-10,13,17H2,1-2H3,(H,35,40)(H,33,34,36)(H2,43,44,45). The summed E-state index contributed by atoms with van der Waals surface area (Å²) in [4.78, 5) is 155. The lowest BCUT2D eigenvalue weighted by Crippen LogP contribution is -2.39. The van der Waals surface area contributed by atoms with Crippen LogP contribution in [-0.4, -0.2) is 150 Å². The molecule has 3 aliphatic carbocycles. The zero-order valence-corrected chi connectivity index (χ0v) is 55.6. The average Bonchev–Trinajstić information content (AvgIpc) is 1.61. The number of carbonyl (C=O) groups is 8. The van der Waals surface area contributed by atoms with Crippen molar-refractivity contribution in [3.8, 4) is 11.5 Å². The second-order valence-electron chi connectivity index (χ2n) is 23.5. The first-order chi connectivity index (χ1) is 47.7. The maximum Gasteiger partial charge on any atom is 0.524 e. The zero-order valence-electron chi connectivity index (χ0n) is 53.8. The molecule has 100 heavy (non-hydrogen) atoms. The number of anilines is 4. The smallest absolute Gasteiger partial charge is 0.428 e. The number of nitrogens with one attached hydrogen (secondary N) is 4. The SMILES string of the molecule is Cc1ccc(C(=O)NC2=NCC=C2)cc1Nc1ncnn2cc(C(=O)N(C(=O)OCOC(=O)Cc3ccc(OP(=O)(O)O)cc3)C3CC3)c(C)c12.Cc1ccc(C(=O)NC2CC2)cc1Nc1ncnn2cc(C(=O)N(C(=O)OCOC(=O)Cc3ccc(OP(=O)(O)O)cc3)C3CC3)c(C)c12. The van der Waals surface area contributed by atoms with Gasteiger partial charge in [-0.1, -0.05) is 42.5 Å². The monoisotopic (exact) mass is 1410 g/mol. The Bertz CT molecular complexity index is 4710. The molecule has 1 aliphatic heterocycles. The van der Waals surface area contributed by atoms with Gasteiger partial charge in [0, 0.05) is 53.0 Å². The van der Waals surface area contributed by atoms with Crippen LogP contribution in [0, 0.1) is 27.7 Å². The number of phosphoric ester groups is 2. The fourth-order valence-electron chi connectivity index (χ4n) is 10.3. The van der Waals surface area contributed by atoms with E-state index in [4.69, 9.17) is 38.5 Å². The van der Waals surface area contributed by atoms with Gasteiger partial charge >= 0.3 is 39.8 Å². The Morgan fingerprint density at radius 1 is 0.560 bits per heavy atom. The third-order valence-corrected chi connectivity index (χ3v) is 16.8. The fourth-order valence-corrected chi connectivity index (χ4v) is 11.1. The van der Waals surface area contributed by atoms with E-state index in [1.165, 1.54) is 82.6 Å². The number of amidine groups is 1. The maximum atomic E-state index is 13.8. The van der Waals surface area contributed by atoms with E-state index in [1.54, 1.807) is 50.3 Å². The van der Waals surface area contributed by atoms with Crippen LogP contribution in [0.3, 0.4) is 0 Å². The molecule has 4 aromatic carbocycles. The Hall–Kier alpha value is -11.2. The van der Waals surface area contributed by atoms with Crippen LogP contribution in [0.15, 0.2) is 127 Å². The highest BCUT2D eigenvalue weighted by Crippen LogP contribution is 2.40. The highest BCUT2D eigenvalue weighted by molar-refractivity contribution is 7.47. The molecular weight excluding hydrogens is 1340 g/mol. The number of aromatic nitrogens is 6. The van der Waals surface area contributed by atoms with E-state index in [0.717, 1.165) is 33.8 Å². The molecule has 0 bridgehead atoms. The predicted molar refractivity (Wildman–Crippen MR) is 353 cm³/mol.